The molecular formula is C27H33FN4O5. The molecule has 0 amide bonds. The van der Waals surface area contributed by atoms with Gasteiger partial charge >= 0.3 is 11.9 Å². The lowest BCUT2D eigenvalue weighted by Gasteiger charge is -2.36. The molecular weight excluding hydrogens is 479 g/mol. The highest BCUT2D eigenvalue weighted by Crippen LogP contribution is 2.43. The zero-order valence-electron chi connectivity index (χ0n) is 20.9. The lowest BCUT2D eigenvalue weighted by molar-refractivity contribution is -0.143. The first-order chi connectivity index (χ1) is 17.8. The van der Waals surface area contributed by atoms with E-state index in [0.29, 0.717) is 17.6 Å². The first-order valence-corrected chi connectivity index (χ1v) is 12.5. The van der Waals surface area contributed by atoms with Crippen molar-refractivity contribution in [2.24, 2.45) is 4.99 Å². The summed E-state index contributed by atoms with van der Waals surface area (Å²) in [5, 5.41) is 22.8. The van der Waals surface area contributed by atoms with Crippen molar-refractivity contribution in [3.63, 3.8) is 0 Å². The van der Waals surface area contributed by atoms with Crippen LogP contribution in [0, 0.1) is 5.82 Å². The molecule has 0 unspecified atom stereocenters. The molecule has 1 aliphatic carbocycles. The number of aliphatic carboxylic acids is 2. The second-order valence-corrected chi connectivity index (χ2v) is 9.47. The largest absolute Gasteiger partial charge is 0.481 e. The van der Waals surface area contributed by atoms with Crippen molar-refractivity contribution in [1.82, 2.24) is 10.2 Å². The van der Waals surface area contributed by atoms with Crippen molar-refractivity contribution in [3.8, 4) is 0 Å². The number of hydrogen-bond donors (Lipinski definition) is 4. The molecule has 0 bridgehead atoms. The van der Waals surface area contributed by atoms with E-state index in [9.17, 15) is 14.0 Å². The molecule has 0 aromatic heterocycles. The summed E-state index contributed by atoms with van der Waals surface area (Å²) in [6.07, 6.45) is 2.90. The third kappa shape index (κ3) is 7.27. The summed E-state index contributed by atoms with van der Waals surface area (Å²) < 4.78 is 19.2. The summed E-state index contributed by atoms with van der Waals surface area (Å²) in [4.78, 5) is 26.7. The standard InChI is InChI=1S/C23H27FN4O.C4H6O4/c1-29-11-8-18-14-28(10-9-25-18)23-19-12-16(15-2-3-15)4-6-20(19)26-22-13-17(24)5-7-21(22)27-23;5-3(6)1-2-4(7)8/h4-7,12-13,15,18,25-26H,2-3,8-11,14H2,1H3;1-2H2,(H,5,6)(H,7,8)/t18-;/m0./s1. The number of aliphatic imine (C=N–C) groups is 1. The smallest absolute Gasteiger partial charge is 0.303 e. The van der Waals surface area contributed by atoms with Crippen LogP contribution in [0.3, 0.4) is 0 Å². The molecule has 1 atom stereocenters. The van der Waals surface area contributed by atoms with Gasteiger partial charge in [0.15, 0.2) is 0 Å². The number of benzene rings is 2. The Labute approximate surface area is 215 Å². The normalized spacial score (nSPS) is 18.3. The van der Waals surface area contributed by atoms with E-state index in [0.717, 1.165) is 55.4 Å². The maximum atomic E-state index is 13.9. The molecule has 5 rings (SSSR count). The topological polar surface area (TPSA) is 123 Å². The highest BCUT2D eigenvalue weighted by Gasteiger charge is 2.29. The third-order valence-corrected chi connectivity index (χ3v) is 6.57. The van der Waals surface area contributed by atoms with E-state index in [-0.39, 0.29) is 18.7 Å². The lowest BCUT2D eigenvalue weighted by Crippen LogP contribution is -2.53. The van der Waals surface area contributed by atoms with Crippen LogP contribution >= 0.6 is 0 Å². The first-order valence-electron chi connectivity index (χ1n) is 12.5. The predicted molar refractivity (Wildman–Crippen MR) is 139 cm³/mol. The summed E-state index contributed by atoms with van der Waals surface area (Å²) in [7, 11) is 1.74. The zero-order valence-corrected chi connectivity index (χ0v) is 20.9. The van der Waals surface area contributed by atoms with Crippen molar-refractivity contribution < 1.29 is 28.9 Å². The van der Waals surface area contributed by atoms with Crippen molar-refractivity contribution in [2.75, 3.05) is 38.7 Å². The molecule has 2 heterocycles. The molecule has 3 aliphatic rings. The van der Waals surface area contributed by atoms with Crippen LogP contribution in [0.2, 0.25) is 0 Å². The number of carbonyl (C=O) groups is 2. The van der Waals surface area contributed by atoms with Crippen molar-refractivity contribution in [3.05, 3.63) is 53.3 Å². The molecule has 1 saturated carbocycles. The number of rotatable bonds is 7. The van der Waals surface area contributed by atoms with Crippen LogP contribution < -0.4 is 10.6 Å². The SMILES string of the molecule is COCC[C@H]1CN(C2=Nc3ccc(F)cc3Nc3ccc(C4CC4)cc32)CCN1.O=C(O)CCC(=O)O. The van der Waals surface area contributed by atoms with Crippen LogP contribution in [0.15, 0.2) is 41.4 Å². The Morgan fingerprint density at radius 1 is 1.11 bits per heavy atom. The highest BCUT2D eigenvalue weighted by atomic mass is 19.1. The molecule has 2 aromatic rings. The number of nitrogens with zero attached hydrogens (tertiary/aromatic N) is 2. The van der Waals surface area contributed by atoms with Crippen LogP contribution in [0.25, 0.3) is 0 Å². The van der Waals surface area contributed by atoms with Gasteiger partial charge < -0.3 is 30.5 Å². The van der Waals surface area contributed by atoms with Crippen LogP contribution in [0.1, 0.15) is 49.1 Å². The molecule has 9 nitrogen and oxygen atoms in total. The number of methoxy groups -OCH3 is 1. The predicted octanol–water partition coefficient (Wildman–Crippen LogP) is 4.08. The number of piperazine rings is 1. The average molecular weight is 513 g/mol. The van der Waals surface area contributed by atoms with Gasteiger partial charge in [0, 0.05) is 50.6 Å². The second kappa shape index (κ2) is 12.2. The van der Waals surface area contributed by atoms with E-state index < -0.39 is 11.9 Å². The maximum Gasteiger partial charge on any atom is 0.303 e. The average Bonchev–Trinajstić information content (AvgIpc) is 3.73. The van der Waals surface area contributed by atoms with E-state index in [2.05, 4.69) is 33.7 Å². The van der Waals surface area contributed by atoms with Crippen LogP contribution in [-0.4, -0.2) is 72.3 Å². The summed E-state index contributed by atoms with van der Waals surface area (Å²) in [5.74, 6) is -0.765. The van der Waals surface area contributed by atoms with E-state index >= 15 is 0 Å². The Hall–Kier alpha value is -3.50. The molecule has 37 heavy (non-hydrogen) atoms. The van der Waals surface area contributed by atoms with E-state index in [1.54, 1.807) is 13.2 Å². The van der Waals surface area contributed by atoms with E-state index in [4.69, 9.17) is 19.9 Å². The van der Waals surface area contributed by atoms with Gasteiger partial charge in [-0.05, 0) is 61.1 Å². The molecule has 1 saturated heterocycles. The van der Waals surface area contributed by atoms with Gasteiger partial charge in [0.25, 0.3) is 0 Å². The second-order valence-electron chi connectivity index (χ2n) is 9.47. The number of amidine groups is 1. The number of carboxylic acids is 2. The zero-order chi connectivity index (χ0) is 26.4. The Morgan fingerprint density at radius 3 is 2.54 bits per heavy atom. The first kappa shape index (κ1) is 26.6. The highest BCUT2D eigenvalue weighted by molar-refractivity contribution is 6.08. The summed E-state index contributed by atoms with van der Waals surface area (Å²) in [6, 6.07) is 11.7. The van der Waals surface area contributed by atoms with Crippen LogP contribution in [0.4, 0.5) is 21.5 Å². The van der Waals surface area contributed by atoms with Gasteiger partial charge in [-0.15, -0.1) is 0 Å². The number of carboxylic acid groups (broad SMARTS) is 2. The monoisotopic (exact) mass is 512 g/mol. The van der Waals surface area contributed by atoms with Gasteiger partial charge in [-0.1, -0.05) is 6.07 Å². The summed E-state index contributed by atoms with van der Waals surface area (Å²) in [6.45, 7) is 3.43. The Kier molecular flexibility index (Phi) is 8.73. The van der Waals surface area contributed by atoms with Gasteiger partial charge in [0.1, 0.15) is 11.7 Å². The third-order valence-electron chi connectivity index (χ3n) is 6.57. The van der Waals surface area contributed by atoms with Gasteiger partial charge in [-0.3, -0.25) is 9.59 Å². The number of fused-ring (bicyclic) bond motifs is 2. The van der Waals surface area contributed by atoms with Gasteiger partial charge in [0.2, 0.25) is 0 Å². The molecule has 0 spiro atoms. The quantitative estimate of drug-likeness (QED) is 0.438. The Bertz CT molecular complexity index is 1150. The van der Waals surface area contributed by atoms with Crippen molar-refractivity contribution in [2.45, 2.75) is 44.1 Å². The lowest BCUT2D eigenvalue weighted by atomic mass is 10.0. The summed E-state index contributed by atoms with van der Waals surface area (Å²) >= 11 is 0. The van der Waals surface area contributed by atoms with Gasteiger partial charge in [-0.25, -0.2) is 9.38 Å². The fourth-order valence-corrected chi connectivity index (χ4v) is 4.48. The Morgan fingerprint density at radius 2 is 1.86 bits per heavy atom. The Balaban J connectivity index is 0.000000349. The number of ether oxygens (including phenoxy) is 1. The number of anilines is 2. The van der Waals surface area contributed by atoms with E-state index in [1.807, 2.05) is 0 Å². The fraction of sp³-hybridized carbons (Fsp3) is 0.444. The minimum atomic E-state index is -1.08. The molecule has 2 fully saturated rings. The minimum absolute atomic E-state index is 0.257. The minimum Gasteiger partial charge on any atom is -0.481 e. The number of nitrogens with one attached hydrogen (secondary N) is 2. The van der Waals surface area contributed by atoms with Crippen molar-refractivity contribution in [1.29, 1.82) is 0 Å². The maximum absolute atomic E-state index is 13.9. The molecule has 2 aliphatic heterocycles. The van der Waals surface area contributed by atoms with Crippen LogP contribution in [-0.2, 0) is 14.3 Å². The van der Waals surface area contributed by atoms with E-state index in [1.165, 1.54) is 30.5 Å². The summed E-state index contributed by atoms with van der Waals surface area (Å²) in [5.41, 5.74) is 4.97. The number of halogens is 1. The molecule has 2 aromatic carbocycles. The molecule has 4 N–H and O–H groups in total. The van der Waals surface area contributed by atoms with Crippen molar-refractivity contribution >= 4 is 34.8 Å². The molecule has 0 radical (unpaired) electrons. The van der Waals surface area contributed by atoms with Gasteiger partial charge in [-0.2, -0.15) is 0 Å². The number of hydrogen-bond acceptors (Lipinski definition) is 7. The van der Waals surface area contributed by atoms with Gasteiger partial charge in [0.05, 0.1) is 24.2 Å². The van der Waals surface area contributed by atoms with Crippen LogP contribution in [0.5, 0.6) is 0 Å². The molecule has 10 heteroatoms. The fourth-order valence-electron chi connectivity index (χ4n) is 4.48. The molecule has 198 valence electrons.